The highest BCUT2D eigenvalue weighted by molar-refractivity contribution is 8.08. The van der Waals surface area contributed by atoms with Crippen molar-refractivity contribution in [3.05, 3.63) is 170 Å². The average molecular weight is 2110 g/mol. The molecule has 16 heterocycles. The SMILES string of the molecule is CC(C)C(=O)Nc1nc2c(nnn2[C@@H]2O[C@@H]3COP(=S)(OCCC#N)O[C@H]4[C@H](F)[C@H](n5nnc6c(NC(=O)c7ccccc7)ncnc65)O[C@@H]4COP(O)(=S)O[C@H]2[C@@H]3F)c(=O)[nH]1.CC(C)C(=O)Nc1nc2c(nnn2[C@@H]2O[C@@H]3COP(=S)(OCCC#N)O[C@H]4[C@H](F)[C@H](n5nnc6c(NC(=O)c7ccccc7)ncnc65)O[C@@H]4COP(O)O[C@H]2[C@@H]3F)c(=O)[nH]1.N.O=c1ssc2ccccc12.[HH].c1ccncc1. The van der Waals surface area contributed by atoms with E-state index in [1.54, 1.807) is 111 Å². The number of nitrogens with zero attached hydrogens (tertiary/aromatic N) is 21. The van der Waals surface area contributed by atoms with Crippen LogP contribution in [-0.4, -0.2) is 251 Å². The van der Waals surface area contributed by atoms with Crippen molar-refractivity contribution >= 4 is 187 Å². The molecule has 20 atom stereocenters. The molecule has 6 aliphatic heterocycles. The first kappa shape index (κ1) is 103. The summed E-state index contributed by atoms with van der Waals surface area (Å²) >= 11 is 16.6. The standard InChI is InChI=1S/C32H33F2N13O11P2S2.C32H33F2N13O11P2S.C7H4OS2.C5H5N.H3N.H2/c1-14(2)27(48)40-32-39-26-21(29(50)41-32)43-45-47(26)31-23-18(33)16(55-31)11-54-60(62,52-10-6-9-35)58-22-17(12-53-59(51,61)57-23)56-30(19(22)34)46-25-20(42-44-46)24(36-13-37-25)38-28(49)15-7-4-3-5-8-15;1-14(2)27(48)40-32-39-26-21(29(50)41-32)43-45-47(26)31-23-18(33)16(55-31)12-54-60(61,53-10-6-9-35)58-22-17(11-52-59(51)57-23)56-30(19(22)34)46-25-20(42-44-46)24(36-13-37-25)38-28(49)15-7-4-3-5-8-15;8-7-5-3-1-2-4-6(5)9-10-7;1-2-4-6-5-3-1;;/h3-5,7-8,13-14,16-19,22-23,30-31H,6,10-12H2,1-2H3,(H,51,61)(H,36,37,38,49)(H2,39,40,41,48,50);3-5,7-8,13-14,16-19,22-23,30-31,51H,6,10-12H2,1-2H3,(H,36,37,38,49)(H2,39,40,41,48,50);1-4H;1-5H;1H3;1H/t2*16-,17-,18-,19+,22-,23+,30-,31-,59?,60?;;;;/m11..../s1. The molecule has 4 unspecified atom stereocenters. The monoisotopic (exact) mass is 2110 g/mol. The van der Waals surface area contributed by atoms with E-state index < -0.39 is 200 Å². The minimum Gasteiger partial charge on any atom is -0.345 e. The molecule has 0 aliphatic carbocycles. The fourth-order valence-corrected chi connectivity index (χ4v) is 22.3. The van der Waals surface area contributed by atoms with Crippen molar-refractivity contribution in [1.82, 2.24) is 111 Å². The molecule has 19 rings (SSSR count). The summed E-state index contributed by atoms with van der Waals surface area (Å²) in [7, 11) is -0.167. The maximum atomic E-state index is 16.8. The van der Waals surface area contributed by atoms with Crippen LogP contribution in [0.3, 0.4) is 0 Å². The third-order valence-corrected chi connectivity index (χ3v) is 29.9. The molecule has 6 aliphatic rings. The van der Waals surface area contributed by atoms with E-state index in [0.29, 0.717) is 11.1 Å². The second-order valence-electron chi connectivity index (χ2n) is 30.6. The van der Waals surface area contributed by atoms with E-state index in [2.05, 4.69) is 107 Å². The van der Waals surface area contributed by atoms with E-state index in [0.717, 1.165) is 41.5 Å². The second kappa shape index (κ2) is 45.3. The zero-order chi connectivity index (χ0) is 98.1. The number of carbonyl (C=O) groups excluding carboxylic acids is 4. The number of benzene rings is 3. The van der Waals surface area contributed by atoms with E-state index >= 15 is 17.6 Å². The molecule has 3 aromatic carbocycles. The number of aromatic amines is 2. The van der Waals surface area contributed by atoms with Crippen LogP contribution in [-0.2, 0) is 109 Å². The summed E-state index contributed by atoms with van der Waals surface area (Å²) in [6.45, 7) is -9.92. The third kappa shape index (κ3) is 23.4. The Balaban J connectivity index is 0.000000190. The minimum atomic E-state index is -4.54. The zero-order valence-electron chi connectivity index (χ0n) is 72.6. The number of pyridine rings is 1. The number of anilines is 4. The van der Waals surface area contributed by atoms with Crippen molar-refractivity contribution in [3.63, 3.8) is 0 Å². The summed E-state index contributed by atoms with van der Waals surface area (Å²) in [5.41, 5.74) is -2.25. The molecule has 6 fully saturated rings. The van der Waals surface area contributed by atoms with Gasteiger partial charge in [0.25, 0.3) is 27.7 Å². The van der Waals surface area contributed by atoms with Gasteiger partial charge < -0.3 is 77.2 Å². The molecule has 51 nitrogen and oxygen atoms in total. The highest BCUT2D eigenvalue weighted by Gasteiger charge is 2.58. The van der Waals surface area contributed by atoms with Gasteiger partial charge in [-0.05, 0) is 94.3 Å². The maximum Gasteiger partial charge on any atom is 0.330 e. The van der Waals surface area contributed by atoms with Gasteiger partial charge in [0.05, 0.1) is 70.0 Å². The number of halogens is 4. The molecule has 64 heteroatoms. The lowest BCUT2D eigenvalue weighted by Gasteiger charge is -2.29. The first-order valence-electron chi connectivity index (χ1n) is 41.4. The molecule has 0 saturated carbocycles. The normalized spacial score (nSPS) is 27.3. The first-order chi connectivity index (χ1) is 66.9. The number of hydrogen-bond acceptors (Lipinski definition) is 45. The molecule has 140 heavy (non-hydrogen) atoms. The number of ether oxygens (including phenoxy) is 4. The van der Waals surface area contributed by atoms with Gasteiger partial charge in [-0.3, -0.25) is 72.7 Å². The van der Waals surface area contributed by atoms with Crippen molar-refractivity contribution < 1.29 is 112 Å². The number of aromatic nitrogens is 21. The molecule has 4 amide bonds. The lowest BCUT2D eigenvalue weighted by atomic mass is 10.1. The Hall–Kier alpha value is -11.3. The van der Waals surface area contributed by atoms with E-state index in [1.807, 2.05) is 54.6 Å². The van der Waals surface area contributed by atoms with Crippen LogP contribution in [0.5, 0.6) is 0 Å². The number of alkyl halides is 4. The average Bonchev–Trinajstić information content (AvgIpc) is 1.61. The van der Waals surface area contributed by atoms with Crippen molar-refractivity contribution in [1.29, 1.82) is 10.5 Å². The predicted molar refractivity (Wildman–Crippen MR) is 496 cm³/mol. The van der Waals surface area contributed by atoms with Crippen LogP contribution in [0.2, 0.25) is 0 Å². The fourth-order valence-electron chi connectivity index (χ4n) is 13.8. The van der Waals surface area contributed by atoms with Gasteiger partial charge in [-0.1, -0.05) is 113 Å². The topological polar surface area (TPSA) is 665 Å². The molecule has 0 radical (unpaired) electrons. The Labute approximate surface area is 809 Å². The molecule has 10 aromatic heterocycles. The van der Waals surface area contributed by atoms with E-state index in [9.17, 15) is 53.9 Å². The summed E-state index contributed by atoms with van der Waals surface area (Å²) in [6, 6.07) is 33.7. The Morgan fingerprint density at radius 1 is 0.536 bits per heavy atom. The summed E-state index contributed by atoms with van der Waals surface area (Å²) in [6.07, 6.45) is -22.9. The Kier molecular flexibility index (Phi) is 33.4. The number of nitriles is 2. The van der Waals surface area contributed by atoms with Gasteiger partial charge in [0, 0.05) is 41.5 Å². The van der Waals surface area contributed by atoms with Crippen molar-refractivity contribution in [2.45, 2.75) is 139 Å². The van der Waals surface area contributed by atoms with Gasteiger partial charge in [-0.15, -0.1) is 20.4 Å². The Bertz CT molecular complexity index is 7070. The summed E-state index contributed by atoms with van der Waals surface area (Å²) in [4.78, 5) is 143. The molecule has 4 bridgehead atoms. The molecular weight excluding hydrogens is 2030 g/mol. The second-order valence-corrected chi connectivity index (χ2v) is 42.4. The first-order valence-corrected chi connectivity index (χ1v) is 52.4. The quantitative estimate of drug-likeness (QED) is 0.0169. The lowest BCUT2D eigenvalue weighted by Crippen LogP contribution is -2.34. The predicted octanol–water partition coefficient (Wildman–Crippen LogP) is 8.33. The smallest absolute Gasteiger partial charge is 0.330 e. The minimum absolute atomic E-state index is 0. The highest BCUT2D eigenvalue weighted by Crippen LogP contribution is 2.59. The third-order valence-electron chi connectivity index (χ3n) is 20.6. The van der Waals surface area contributed by atoms with Gasteiger partial charge in [-0.25, -0.2) is 37.5 Å². The van der Waals surface area contributed by atoms with Gasteiger partial charge in [-0.2, -0.15) is 39.2 Å². The van der Waals surface area contributed by atoms with Crippen LogP contribution < -0.4 is 43.3 Å². The van der Waals surface area contributed by atoms with E-state index in [1.165, 1.54) is 10.3 Å². The number of rotatable bonds is 18. The van der Waals surface area contributed by atoms with Crippen LogP contribution in [0.25, 0.3) is 54.7 Å². The zero-order valence-corrected chi connectivity index (χ0v) is 80.2. The highest BCUT2D eigenvalue weighted by atomic mass is 32.9. The number of nitrogens with one attached hydrogen (secondary N) is 6. The van der Waals surface area contributed by atoms with Crippen LogP contribution in [0.1, 0.15) is 87.6 Å². The van der Waals surface area contributed by atoms with Gasteiger partial charge in [0.1, 0.15) is 61.5 Å². The number of amides is 4. The summed E-state index contributed by atoms with van der Waals surface area (Å²) in [5.74, 6) is -3.56. The molecule has 13 aromatic rings. The van der Waals surface area contributed by atoms with Crippen LogP contribution in [0.4, 0.5) is 41.1 Å². The molecule has 740 valence electrons. The lowest BCUT2D eigenvalue weighted by molar-refractivity contribution is -0.119. The van der Waals surface area contributed by atoms with E-state index in [4.69, 9.17) is 99.6 Å². The van der Waals surface area contributed by atoms with Gasteiger partial charge in [0.2, 0.25) is 23.7 Å². The van der Waals surface area contributed by atoms with Crippen LogP contribution >= 0.6 is 49.4 Å². The maximum absolute atomic E-state index is 16.8. The van der Waals surface area contributed by atoms with Crippen LogP contribution in [0.15, 0.2) is 143 Å². The number of fused-ring (bicyclic) bond motifs is 11. The largest absolute Gasteiger partial charge is 0.345 e. The molecule has 6 saturated heterocycles. The number of H-pyrrole nitrogens is 2. The van der Waals surface area contributed by atoms with Gasteiger partial charge >= 0.3 is 28.8 Å². The Morgan fingerprint density at radius 2 is 0.957 bits per heavy atom. The number of carbonyl (C=O) groups is 4. The van der Waals surface area contributed by atoms with Crippen LogP contribution in [0, 0.1) is 34.5 Å². The van der Waals surface area contributed by atoms with Crippen molar-refractivity contribution in [2.24, 2.45) is 11.8 Å². The fraction of sp³-hybridized carbons (Fsp3) is 0.395. The van der Waals surface area contributed by atoms with Gasteiger partial charge in [0.15, 0.2) is 106 Å². The van der Waals surface area contributed by atoms with E-state index in [-0.39, 0.29) is 107 Å². The van der Waals surface area contributed by atoms with Crippen molar-refractivity contribution in [2.75, 3.05) is 60.9 Å². The number of hydrogen-bond donors (Lipinski definition) is 9. The molecule has 0 spiro atoms. The molecule has 11 N–H and O–H groups in total. The van der Waals surface area contributed by atoms with Crippen molar-refractivity contribution in [3.8, 4) is 12.1 Å². The Morgan fingerprint density at radius 3 is 1.41 bits per heavy atom. The summed E-state index contributed by atoms with van der Waals surface area (Å²) < 4.78 is 153. The molecular formula is C76H80F4N28O23P4S5. The summed E-state index contributed by atoms with van der Waals surface area (Å²) in [5, 5.41) is 61.2.